The van der Waals surface area contributed by atoms with Crippen molar-refractivity contribution in [1.82, 2.24) is 10.1 Å². The third-order valence-electron chi connectivity index (χ3n) is 2.72. The highest BCUT2D eigenvalue weighted by atomic mass is 32.2. The lowest BCUT2D eigenvalue weighted by molar-refractivity contribution is 0.391. The van der Waals surface area contributed by atoms with Gasteiger partial charge in [0.1, 0.15) is 0 Å². The highest BCUT2D eigenvalue weighted by Gasteiger charge is 2.08. The van der Waals surface area contributed by atoms with Crippen LogP contribution in [0.3, 0.4) is 0 Å². The minimum Gasteiger partial charge on any atom is -0.338 e. The van der Waals surface area contributed by atoms with Crippen molar-refractivity contribution in [3.8, 4) is 11.4 Å². The molecule has 0 aliphatic rings. The Morgan fingerprint density at radius 3 is 2.74 bits per heavy atom. The Kier molecular flexibility index (Phi) is 4.99. The molecule has 4 nitrogen and oxygen atoms in total. The van der Waals surface area contributed by atoms with E-state index in [0.717, 1.165) is 23.5 Å². The van der Waals surface area contributed by atoms with Gasteiger partial charge in [-0.1, -0.05) is 35.0 Å². The van der Waals surface area contributed by atoms with Crippen LogP contribution < -0.4 is 5.73 Å². The molecule has 102 valence electrons. The number of rotatable bonds is 6. The van der Waals surface area contributed by atoms with E-state index >= 15 is 0 Å². The first kappa shape index (κ1) is 14.1. The topological polar surface area (TPSA) is 64.9 Å². The van der Waals surface area contributed by atoms with Crippen molar-refractivity contribution in [3.63, 3.8) is 0 Å². The quantitative estimate of drug-likeness (QED) is 0.822. The maximum atomic E-state index is 5.70. The van der Waals surface area contributed by atoms with Gasteiger partial charge in [0.2, 0.25) is 11.7 Å². The molecule has 0 saturated carbocycles. The predicted molar refractivity (Wildman–Crippen MR) is 78.9 cm³/mol. The predicted octanol–water partition coefficient (Wildman–Crippen LogP) is 3.02. The van der Waals surface area contributed by atoms with Crippen molar-refractivity contribution in [3.05, 3.63) is 35.7 Å². The molecular weight excluding hydrogens is 258 g/mol. The summed E-state index contributed by atoms with van der Waals surface area (Å²) in [6, 6.07) is 8.35. The van der Waals surface area contributed by atoms with Crippen molar-refractivity contribution >= 4 is 11.8 Å². The van der Waals surface area contributed by atoms with E-state index in [-0.39, 0.29) is 6.04 Å². The van der Waals surface area contributed by atoms with Crippen molar-refractivity contribution in [2.24, 2.45) is 5.73 Å². The highest BCUT2D eigenvalue weighted by molar-refractivity contribution is 7.98. The molecule has 2 rings (SSSR count). The van der Waals surface area contributed by atoms with E-state index in [1.54, 1.807) is 11.8 Å². The van der Waals surface area contributed by atoms with E-state index in [0.29, 0.717) is 11.7 Å². The molecule has 0 amide bonds. The smallest absolute Gasteiger partial charge is 0.236 e. The summed E-state index contributed by atoms with van der Waals surface area (Å²) in [5, 5.41) is 4.01. The van der Waals surface area contributed by atoms with Gasteiger partial charge in [-0.05, 0) is 26.0 Å². The van der Waals surface area contributed by atoms with Crippen LogP contribution in [0, 0.1) is 6.92 Å². The van der Waals surface area contributed by atoms with Gasteiger partial charge in [-0.2, -0.15) is 16.7 Å². The van der Waals surface area contributed by atoms with Crippen LogP contribution >= 0.6 is 11.8 Å². The van der Waals surface area contributed by atoms with Gasteiger partial charge in [0.05, 0.1) is 5.75 Å². The number of aromatic nitrogens is 2. The molecule has 0 fully saturated rings. The molecular formula is C14H19N3OS. The monoisotopic (exact) mass is 277 g/mol. The van der Waals surface area contributed by atoms with Crippen LogP contribution in [0.2, 0.25) is 0 Å². The Morgan fingerprint density at radius 2 is 2.05 bits per heavy atom. The van der Waals surface area contributed by atoms with Crippen molar-refractivity contribution in [2.75, 3.05) is 5.75 Å². The summed E-state index contributed by atoms with van der Waals surface area (Å²) in [6.45, 7) is 4.07. The van der Waals surface area contributed by atoms with Crippen LogP contribution in [0.5, 0.6) is 0 Å². The fourth-order valence-corrected chi connectivity index (χ4v) is 2.54. The van der Waals surface area contributed by atoms with E-state index in [1.807, 2.05) is 31.2 Å². The first-order valence-corrected chi connectivity index (χ1v) is 7.53. The number of thioether (sulfide) groups is 1. The Bertz CT molecular complexity index is 508. The molecule has 1 atom stereocenters. The summed E-state index contributed by atoms with van der Waals surface area (Å²) in [5.41, 5.74) is 7.91. The molecule has 0 radical (unpaired) electrons. The maximum Gasteiger partial charge on any atom is 0.236 e. The standard InChI is InChI=1S/C14H19N3OS/c1-10-3-5-12(6-4-10)14-16-13(18-17-14)9-19-8-7-11(2)15/h3-6,11H,7-9,15H2,1-2H3. The molecule has 1 heterocycles. The molecule has 0 aliphatic carbocycles. The van der Waals surface area contributed by atoms with E-state index in [1.165, 1.54) is 5.56 Å². The lowest BCUT2D eigenvalue weighted by Gasteiger charge is -2.01. The fourth-order valence-electron chi connectivity index (χ4n) is 1.56. The minimum atomic E-state index is 0.248. The summed E-state index contributed by atoms with van der Waals surface area (Å²) in [5.74, 6) is 3.08. The van der Waals surface area contributed by atoms with Gasteiger partial charge in [-0.3, -0.25) is 0 Å². The molecule has 2 aromatic rings. The zero-order valence-electron chi connectivity index (χ0n) is 11.3. The van der Waals surface area contributed by atoms with Crippen LogP contribution in [0.1, 0.15) is 24.8 Å². The number of hydrogen-bond donors (Lipinski definition) is 1. The van der Waals surface area contributed by atoms with Crippen LogP contribution in [0.15, 0.2) is 28.8 Å². The van der Waals surface area contributed by atoms with Crippen molar-refractivity contribution in [2.45, 2.75) is 32.1 Å². The second-order valence-corrected chi connectivity index (χ2v) is 5.80. The van der Waals surface area contributed by atoms with Crippen LogP contribution in [-0.4, -0.2) is 21.9 Å². The van der Waals surface area contributed by atoms with Gasteiger partial charge in [0.15, 0.2) is 0 Å². The largest absolute Gasteiger partial charge is 0.338 e. The number of benzene rings is 1. The third kappa shape index (κ3) is 4.36. The summed E-state index contributed by atoms with van der Waals surface area (Å²) in [6.07, 6.45) is 1.00. The first-order chi connectivity index (χ1) is 9.15. The highest BCUT2D eigenvalue weighted by Crippen LogP contribution is 2.18. The lowest BCUT2D eigenvalue weighted by Crippen LogP contribution is -2.15. The zero-order chi connectivity index (χ0) is 13.7. The Labute approximate surface area is 117 Å². The average molecular weight is 277 g/mol. The summed E-state index contributed by atoms with van der Waals surface area (Å²) in [4.78, 5) is 4.40. The average Bonchev–Trinajstić information content (AvgIpc) is 2.84. The second kappa shape index (κ2) is 6.73. The molecule has 0 spiro atoms. The minimum absolute atomic E-state index is 0.248. The normalized spacial score (nSPS) is 12.6. The molecule has 0 bridgehead atoms. The van der Waals surface area contributed by atoms with Gasteiger partial charge in [-0.25, -0.2) is 0 Å². The molecule has 5 heteroatoms. The zero-order valence-corrected chi connectivity index (χ0v) is 12.1. The molecule has 0 aliphatic heterocycles. The molecule has 19 heavy (non-hydrogen) atoms. The Morgan fingerprint density at radius 1 is 1.32 bits per heavy atom. The molecule has 1 aromatic heterocycles. The number of aryl methyl sites for hydroxylation is 1. The Hall–Kier alpha value is -1.33. The van der Waals surface area contributed by atoms with E-state index < -0.39 is 0 Å². The maximum absolute atomic E-state index is 5.70. The molecule has 1 unspecified atom stereocenters. The van der Waals surface area contributed by atoms with Crippen LogP contribution in [-0.2, 0) is 5.75 Å². The van der Waals surface area contributed by atoms with Gasteiger partial charge in [0, 0.05) is 11.6 Å². The Balaban J connectivity index is 1.90. The van der Waals surface area contributed by atoms with Gasteiger partial charge in [-0.15, -0.1) is 0 Å². The van der Waals surface area contributed by atoms with E-state index in [4.69, 9.17) is 10.3 Å². The first-order valence-electron chi connectivity index (χ1n) is 6.38. The summed E-state index contributed by atoms with van der Waals surface area (Å²) >= 11 is 1.77. The molecule has 1 aromatic carbocycles. The lowest BCUT2D eigenvalue weighted by atomic mass is 10.1. The van der Waals surface area contributed by atoms with Gasteiger partial charge < -0.3 is 10.3 Å². The molecule has 2 N–H and O–H groups in total. The van der Waals surface area contributed by atoms with Crippen LogP contribution in [0.25, 0.3) is 11.4 Å². The second-order valence-electron chi connectivity index (χ2n) is 4.70. The van der Waals surface area contributed by atoms with E-state index in [9.17, 15) is 0 Å². The number of nitrogens with two attached hydrogens (primary N) is 1. The summed E-state index contributed by atoms with van der Waals surface area (Å²) in [7, 11) is 0. The SMILES string of the molecule is Cc1ccc(-c2noc(CSCCC(C)N)n2)cc1. The van der Waals surface area contributed by atoms with E-state index in [2.05, 4.69) is 17.1 Å². The van der Waals surface area contributed by atoms with Crippen molar-refractivity contribution < 1.29 is 4.52 Å². The van der Waals surface area contributed by atoms with Gasteiger partial charge >= 0.3 is 0 Å². The van der Waals surface area contributed by atoms with Gasteiger partial charge in [0.25, 0.3) is 0 Å². The number of hydrogen-bond acceptors (Lipinski definition) is 5. The number of nitrogens with zero attached hydrogens (tertiary/aromatic N) is 2. The fraction of sp³-hybridized carbons (Fsp3) is 0.429. The van der Waals surface area contributed by atoms with Crippen LogP contribution in [0.4, 0.5) is 0 Å². The summed E-state index contributed by atoms with van der Waals surface area (Å²) < 4.78 is 5.24. The van der Waals surface area contributed by atoms with Crippen molar-refractivity contribution in [1.29, 1.82) is 0 Å². The third-order valence-corrected chi connectivity index (χ3v) is 3.70. The molecule has 0 saturated heterocycles.